The Morgan fingerprint density at radius 2 is 0.759 bits per heavy atom. The van der Waals surface area contributed by atoms with E-state index in [9.17, 15) is 30.3 Å². The van der Waals surface area contributed by atoms with Crippen molar-refractivity contribution in [2.75, 3.05) is 13.2 Å². The van der Waals surface area contributed by atoms with Crippen molar-refractivity contribution in [1.29, 1.82) is 0 Å². The molecular formula is C74H123NO8. The van der Waals surface area contributed by atoms with Crippen LogP contribution in [0.15, 0.2) is 146 Å². The highest BCUT2D eigenvalue weighted by Crippen LogP contribution is 2.23. The Kier molecular flexibility index (Phi) is 56.8. The van der Waals surface area contributed by atoms with Crippen molar-refractivity contribution < 1.29 is 39.8 Å². The van der Waals surface area contributed by atoms with Gasteiger partial charge in [-0.1, -0.05) is 288 Å². The summed E-state index contributed by atoms with van der Waals surface area (Å²) >= 11 is 0. The zero-order valence-electron chi connectivity index (χ0n) is 52.6. The molecule has 0 aromatic rings. The minimum atomic E-state index is -1.59. The van der Waals surface area contributed by atoms with Gasteiger partial charge in [-0.15, -0.1) is 0 Å². The Morgan fingerprint density at radius 3 is 1.16 bits per heavy atom. The molecule has 6 N–H and O–H groups in total. The highest BCUT2D eigenvalue weighted by Gasteiger charge is 2.44. The van der Waals surface area contributed by atoms with Gasteiger partial charge in [-0.25, -0.2) is 0 Å². The molecule has 7 unspecified atom stereocenters. The fourth-order valence-corrected chi connectivity index (χ4v) is 9.67. The van der Waals surface area contributed by atoms with Crippen LogP contribution in [0.4, 0.5) is 0 Å². The summed E-state index contributed by atoms with van der Waals surface area (Å²) in [5.74, 6) is -0.233. The van der Waals surface area contributed by atoms with Crippen molar-refractivity contribution in [3.63, 3.8) is 0 Å². The zero-order chi connectivity index (χ0) is 60.0. The molecule has 0 saturated carbocycles. The lowest BCUT2D eigenvalue weighted by molar-refractivity contribution is -0.302. The van der Waals surface area contributed by atoms with Gasteiger partial charge in [-0.3, -0.25) is 4.79 Å². The summed E-state index contributed by atoms with van der Waals surface area (Å²) in [6.45, 7) is 3.63. The van der Waals surface area contributed by atoms with Gasteiger partial charge in [-0.05, 0) is 109 Å². The van der Waals surface area contributed by atoms with Crippen molar-refractivity contribution >= 4 is 5.91 Å². The van der Waals surface area contributed by atoms with Crippen LogP contribution in [0.5, 0.6) is 0 Å². The third-order valence-electron chi connectivity index (χ3n) is 14.9. The summed E-state index contributed by atoms with van der Waals surface area (Å²) in [7, 11) is 0. The quantitative estimate of drug-likeness (QED) is 0.0261. The number of nitrogens with one attached hydrogen (secondary N) is 1. The molecule has 0 aromatic carbocycles. The molecule has 0 radical (unpaired) electrons. The van der Waals surface area contributed by atoms with E-state index in [1.165, 1.54) is 135 Å². The van der Waals surface area contributed by atoms with Gasteiger partial charge in [0.1, 0.15) is 24.4 Å². The average Bonchev–Trinajstić information content (AvgIpc) is 3.61. The number of unbranched alkanes of at least 4 members (excludes halogenated alkanes) is 24. The lowest BCUT2D eigenvalue weighted by atomic mass is 9.99. The van der Waals surface area contributed by atoms with Crippen LogP contribution in [-0.4, -0.2) is 87.5 Å². The van der Waals surface area contributed by atoms with Gasteiger partial charge < -0.3 is 40.3 Å². The molecule has 83 heavy (non-hydrogen) atoms. The van der Waals surface area contributed by atoms with Crippen LogP contribution in [0.2, 0.25) is 0 Å². The van der Waals surface area contributed by atoms with Crippen molar-refractivity contribution in [3.8, 4) is 0 Å². The molecule has 0 spiro atoms. The van der Waals surface area contributed by atoms with Crippen LogP contribution in [-0.2, 0) is 14.3 Å². The molecule has 1 aliphatic rings. The minimum absolute atomic E-state index is 0.228. The van der Waals surface area contributed by atoms with E-state index in [0.717, 1.165) is 96.3 Å². The van der Waals surface area contributed by atoms with Crippen LogP contribution in [0.25, 0.3) is 0 Å². The molecular weight excluding hydrogens is 1030 g/mol. The Hall–Kier alpha value is -3.93. The maximum Gasteiger partial charge on any atom is 0.220 e. The van der Waals surface area contributed by atoms with Crippen LogP contribution in [0, 0.1) is 0 Å². The average molecular weight is 1150 g/mol. The molecule has 9 nitrogen and oxygen atoms in total. The van der Waals surface area contributed by atoms with Crippen molar-refractivity contribution in [2.45, 2.75) is 301 Å². The van der Waals surface area contributed by atoms with Gasteiger partial charge in [-0.2, -0.15) is 0 Å². The first-order valence-corrected chi connectivity index (χ1v) is 33.6. The molecule has 472 valence electrons. The Morgan fingerprint density at radius 1 is 0.422 bits per heavy atom. The van der Waals surface area contributed by atoms with Gasteiger partial charge in [0, 0.05) is 6.42 Å². The lowest BCUT2D eigenvalue weighted by Crippen LogP contribution is -2.60. The Labute approximate surface area is 508 Å². The third kappa shape index (κ3) is 50.0. The first-order chi connectivity index (χ1) is 40.8. The van der Waals surface area contributed by atoms with Gasteiger partial charge in [0.2, 0.25) is 5.91 Å². The van der Waals surface area contributed by atoms with Gasteiger partial charge in [0.15, 0.2) is 6.29 Å². The topological polar surface area (TPSA) is 149 Å². The molecule has 1 amide bonds. The SMILES string of the molecule is CC/C=C\C/C=C\C/C=C\C/C=C\C/C=C\C/C=C\C/C=C\C/C=C\C/C=C\C/C=C\CCCCC(=O)NC(COC1OC(CO)C(O)C(O)C1O)C(O)/C=C/CC/C=C/CCCCCCCCCCCCCCCCCCCCCCC. The van der Waals surface area contributed by atoms with E-state index in [2.05, 4.69) is 153 Å². The summed E-state index contributed by atoms with van der Waals surface area (Å²) in [6, 6.07) is -0.859. The second-order valence-electron chi connectivity index (χ2n) is 22.5. The number of ether oxygens (including phenoxy) is 2. The molecule has 7 atom stereocenters. The smallest absolute Gasteiger partial charge is 0.220 e. The summed E-state index contributed by atoms with van der Waals surface area (Å²) in [5, 5.41) is 54.6. The van der Waals surface area contributed by atoms with E-state index in [1.54, 1.807) is 6.08 Å². The highest BCUT2D eigenvalue weighted by molar-refractivity contribution is 5.76. The normalized spacial score (nSPS) is 19.2. The second kappa shape index (κ2) is 61.2. The molecule has 1 saturated heterocycles. The molecule has 1 fully saturated rings. The fraction of sp³-hybridized carbons (Fsp3) is 0.662. The third-order valence-corrected chi connectivity index (χ3v) is 14.9. The van der Waals surface area contributed by atoms with Crippen LogP contribution in [0.1, 0.15) is 258 Å². The first kappa shape index (κ1) is 77.1. The molecule has 0 bridgehead atoms. The molecule has 0 aromatic heterocycles. The molecule has 1 aliphatic heterocycles. The largest absolute Gasteiger partial charge is 0.394 e. The van der Waals surface area contributed by atoms with E-state index in [-0.39, 0.29) is 18.9 Å². The number of rotatable bonds is 56. The number of aliphatic hydroxyl groups is 5. The number of carbonyl (C=O) groups is 1. The van der Waals surface area contributed by atoms with Crippen LogP contribution >= 0.6 is 0 Å². The lowest BCUT2D eigenvalue weighted by Gasteiger charge is -2.40. The minimum Gasteiger partial charge on any atom is -0.394 e. The number of amides is 1. The standard InChI is InChI=1S/C74H123NO8/c1-3-5-7-9-11-13-15-17-19-21-23-25-27-29-31-32-33-34-35-36-38-40-42-44-46-48-50-52-54-56-58-60-62-64-70(78)75-67(66-82-74-73(81)72(80)71(79)69(65-76)83-74)68(77)63-61-59-57-55-53-51-49-47-45-43-41-39-37-30-28-26-24-22-20-18-16-14-12-10-8-6-4-2/h5,7,11,13,17,19,23,25,29,31,33-34,36,38,42,44,48,50,53-56,61,63,67-69,71-74,76-77,79-81H,3-4,6,8-10,12,14-16,18,20-22,24,26-28,30,32,35,37,39-41,43,45-47,49,51-52,57-60,62,64-66H2,1-2H3,(H,75,78)/b7-5-,13-11-,19-17-,25-23-,31-29-,34-33-,38-36-,44-42-,50-48-,55-53+,56-54-,63-61+. The predicted molar refractivity (Wildman–Crippen MR) is 354 cm³/mol. The maximum atomic E-state index is 13.1. The van der Waals surface area contributed by atoms with Crippen LogP contribution in [0.3, 0.4) is 0 Å². The number of aliphatic hydroxyl groups excluding tert-OH is 5. The first-order valence-electron chi connectivity index (χ1n) is 33.6. The monoisotopic (exact) mass is 1150 g/mol. The van der Waals surface area contributed by atoms with E-state index >= 15 is 0 Å². The van der Waals surface area contributed by atoms with Gasteiger partial charge in [0.05, 0.1) is 25.4 Å². The summed E-state index contributed by atoms with van der Waals surface area (Å²) < 4.78 is 11.3. The Balaban J connectivity index is 2.25. The van der Waals surface area contributed by atoms with E-state index < -0.39 is 49.5 Å². The van der Waals surface area contributed by atoms with E-state index in [0.29, 0.717) is 6.42 Å². The van der Waals surface area contributed by atoms with E-state index in [4.69, 9.17) is 9.47 Å². The summed E-state index contributed by atoms with van der Waals surface area (Å²) in [6.07, 6.45) is 88.0. The van der Waals surface area contributed by atoms with Crippen LogP contribution < -0.4 is 5.32 Å². The number of carbonyl (C=O) groups excluding carboxylic acids is 1. The second-order valence-corrected chi connectivity index (χ2v) is 22.5. The van der Waals surface area contributed by atoms with Crippen molar-refractivity contribution in [2.24, 2.45) is 0 Å². The Bertz CT molecular complexity index is 1820. The molecule has 0 aliphatic carbocycles. The van der Waals surface area contributed by atoms with Gasteiger partial charge in [0.25, 0.3) is 0 Å². The number of allylic oxidation sites excluding steroid dienone is 23. The summed E-state index contributed by atoms with van der Waals surface area (Å²) in [5.41, 5.74) is 0. The fourth-order valence-electron chi connectivity index (χ4n) is 9.67. The highest BCUT2D eigenvalue weighted by atomic mass is 16.7. The summed E-state index contributed by atoms with van der Waals surface area (Å²) in [4.78, 5) is 13.1. The number of hydrogen-bond donors (Lipinski definition) is 6. The van der Waals surface area contributed by atoms with Crippen molar-refractivity contribution in [1.82, 2.24) is 5.32 Å². The molecule has 1 heterocycles. The molecule has 1 rings (SSSR count). The van der Waals surface area contributed by atoms with Crippen molar-refractivity contribution in [3.05, 3.63) is 146 Å². The zero-order valence-corrected chi connectivity index (χ0v) is 52.6. The number of hydrogen-bond acceptors (Lipinski definition) is 8. The maximum absolute atomic E-state index is 13.1. The predicted octanol–water partition coefficient (Wildman–Crippen LogP) is 18.2. The molecule has 9 heteroatoms. The van der Waals surface area contributed by atoms with E-state index in [1.807, 2.05) is 6.08 Å². The van der Waals surface area contributed by atoms with Gasteiger partial charge >= 0.3 is 0 Å².